The van der Waals surface area contributed by atoms with Crippen molar-refractivity contribution < 1.29 is 17.9 Å². The van der Waals surface area contributed by atoms with Crippen molar-refractivity contribution in [3.63, 3.8) is 0 Å². The van der Waals surface area contributed by atoms with E-state index >= 15 is 0 Å². The maximum absolute atomic E-state index is 12.4. The van der Waals surface area contributed by atoms with E-state index in [1.165, 1.54) is 12.1 Å². The van der Waals surface area contributed by atoms with Gasteiger partial charge >= 0.3 is 0 Å². The number of rotatable bonds is 6. The van der Waals surface area contributed by atoms with Gasteiger partial charge in [-0.25, -0.2) is 13.1 Å². The van der Waals surface area contributed by atoms with Crippen LogP contribution in [0.2, 0.25) is 0 Å². The SMILES string of the molecule is Cc1ccc(C(=O)NC(=S)Nc2ccc(S(=O)(=O)NCC3CCCO3)cc2)cc1Br. The minimum Gasteiger partial charge on any atom is -0.377 e. The Bertz CT molecular complexity index is 1040. The number of hydrogen-bond donors (Lipinski definition) is 3. The summed E-state index contributed by atoms with van der Waals surface area (Å²) in [5, 5.41) is 5.60. The van der Waals surface area contributed by atoms with Gasteiger partial charge in [0.25, 0.3) is 5.91 Å². The van der Waals surface area contributed by atoms with Gasteiger partial charge in [-0.05, 0) is 73.9 Å². The highest BCUT2D eigenvalue weighted by atomic mass is 79.9. The highest BCUT2D eigenvalue weighted by Gasteiger charge is 2.20. The van der Waals surface area contributed by atoms with Crippen LogP contribution >= 0.6 is 28.1 Å². The first-order valence-electron chi connectivity index (χ1n) is 9.34. The molecule has 160 valence electrons. The van der Waals surface area contributed by atoms with Crippen LogP contribution in [0, 0.1) is 6.92 Å². The third-order valence-electron chi connectivity index (χ3n) is 4.61. The number of benzene rings is 2. The molecule has 1 aliphatic rings. The first-order valence-corrected chi connectivity index (χ1v) is 12.0. The van der Waals surface area contributed by atoms with Gasteiger partial charge in [-0.3, -0.25) is 10.1 Å². The predicted octanol–water partition coefficient (Wildman–Crippen LogP) is 3.34. The lowest BCUT2D eigenvalue weighted by Crippen LogP contribution is -2.34. The van der Waals surface area contributed by atoms with E-state index in [4.69, 9.17) is 17.0 Å². The topological polar surface area (TPSA) is 96.5 Å². The Balaban J connectivity index is 1.55. The fourth-order valence-corrected chi connectivity index (χ4v) is 4.54. The van der Waals surface area contributed by atoms with Gasteiger partial charge in [0.1, 0.15) is 0 Å². The maximum Gasteiger partial charge on any atom is 0.257 e. The van der Waals surface area contributed by atoms with Gasteiger partial charge in [-0.1, -0.05) is 22.0 Å². The van der Waals surface area contributed by atoms with E-state index in [0.29, 0.717) is 17.9 Å². The lowest BCUT2D eigenvalue weighted by molar-refractivity contribution is 0.0977. The first-order chi connectivity index (χ1) is 14.2. The molecule has 7 nitrogen and oxygen atoms in total. The Labute approximate surface area is 189 Å². The largest absolute Gasteiger partial charge is 0.377 e. The number of amides is 1. The van der Waals surface area contributed by atoms with Crippen molar-refractivity contribution in [1.82, 2.24) is 10.0 Å². The number of carbonyl (C=O) groups is 1. The van der Waals surface area contributed by atoms with Crippen molar-refractivity contribution in [2.75, 3.05) is 18.5 Å². The summed E-state index contributed by atoms with van der Waals surface area (Å²) in [6, 6.07) is 11.4. The van der Waals surface area contributed by atoms with Crippen molar-refractivity contribution >= 4 is 54.9 Å². The van der Waals surface area contributed by atoms with E-state index in [2.05, 4.69) is 31.3 Å². The normalized spacial score (nSPS) is 16.3. The second-order valence-corrected chi connectivity index (χ2v) is 9.91. The van der Waals surface area contributed by atoms with Crippen LogP contribution in [-0.4, -0.2) is 38.7 Å². The molecule has 10 heteroatoms. The van der Waals surface area contributed by atoms with E-state index in [-0.39, 0.29) is 28.6 Å². The lowest BCUT2D eigenvalue weighted by Gasteiger charge is -2.13. The molecule has 1 amide bonds. The number of sulfonamides is 1. The Morgan fingerprint density at radius 3 is 2.60 bits per heavy atom. The first kappa shape index (κ1) is 22.8. The van der Waals surface area contributed by atoms with E-state index in [9.17, 15) is 13.2 Å². The molecule has 0 aromatic heterocycles. The number of carbonyl (C=O) groups excluding carboxylic acids is 1. The third-order valence-corrected chi connectivity index (χ3v) is 7.11. The molecule has 2 aromatic carbocycles. The summed E-state index contributed by atoms with van der Waals surface area (Å²) in [6.45, 7) is 2.86. The Hall–Kier alpha value is -1.85. The van der Waals surface area contributed by atoms with Gasteiger partial charge in [-0.15, -0.1) is 0 Å². The van der Waals surface area contributed by atoms with Crippen LogP contribution in [0.4, 0.5) is 5.69 Å². The average Bonchev–Trinajstić information content (AvgIpc) is 3.22. The molecule has 1 saturated heterocycles. The van der Waals surface area contributed by atoms with Gasteiger partial charge < -0.3 is 10.1 Å². The molecule has 2 aromatic rings. The minimum absolute atomic E-state index is 0.0733. The zero-order chi connectivity index (χ0) is 21.7. The Morgan fingerprint density at radius 1 is 1.23 bits per heavy atom. The van der Waals surface area contributed by atoms with E-state index < -0.39 is 10.0 Å². The van der Waals surface area contributed by atoms with Gasteiger partial charge in [0.2, 0.25) is 10.0 Å². The summed E-state index contributed by atoms with van der Waals surface area (Å²) >= 11 is 8.58. The van der Waals surface area contributed by atoms with Crippen LogP contribution in [0.1, 0.15) is 28.8 Å². The molecule has 3 N–H and O–H groups in total. The molecule has 0 aliphatic carbocycles. The van der Waals surface area contributed by atoms with Gasteiger partial charge in [0.15, 0.2) is 5.11 Å². The fraction of sp³-hybridized carbons (Fsp3) is 0.300. The number of thiocarbonyl (C=S) groups is 1. The summed E-state index contributed by atoms with van der Waals surface area (Å²) in [5.41, 5.74) is 2.05. The maximum atomic E-state index is 12.4. The number of aryl methyl sites for hydroxylation is 1. The average molecular weight is 512 g/mol. The molecule has 0 saturated carbocycles. The van der Waals surface area contributed by atoms with Crippen LogP contribution in [0.3, 0.4) is 0 Å². The monoisotopic (exact) mass is 511 g/mol. The van der Waals surface area contributed by atoms with E-state index in [1.54, 1.807) is 24.3 Å². The van der Waals surface area contributed by atoms with Crippen molar-refractivity contribution in [3.05, 3.63) is 58.1 Å². The highest BCUT2D eigenvalue weighted by Crippen LogP contribution is 2.18. The highest BCUT2D eigenvalue weighted by molar-refractivity contribution is 9.10. The summed E-state index contributed by atoms with van der Waals surface area (Å²) in [7, 11) is -3.62. The van der Waals surface area contributed by atoms with Crippen molar-refractivity contribution in [2.24, 2.45) is 0 Å². The zero-order valence-electron chi connectivity index (χ0n) is 16.3. The molecular weight excluding hydrogens is 490 g/mol. The molecule has 1 heterocycles. The van der Waals surface area contributed by atoms with Crippen LogP contribution in [0.25, 0.3) is 0 Å². The van der Waals surface area contributed by atoms with E-state index in [0.717, 1.165) is 22.9 Å². The van der Waals surface area contributed by atoms with Crippen LogP contribution < -0.4 is 15.4 Å². The Kier molecular flexibility index (Phi) is 7.59. The molecule has 1 atom stereocenters. The minimum atomic E-state index is -3.62. The number of anilines is 1. The summed E-state index contributed by atoms with van der Waals surface area (Å²) in [4.78, 5) is 12.5. The summed E-state index contributed by atoms with van der Waals surface area (Å²) in [5.74, 6) is -0.342. The molecule has 0 radical (unpaired) electrons. The Morgan fingerprint density at radius 2 is 1.97 bits per heavy atom. The van der Waals surface area contributed by atoms with Crippen LogP contribution in [0.15, 0.2) is 51.8 Å². The number of nitrogens with one attached hydrogen (secondary N) is 3. The third kappa shape index (κ3) is 6.08. The summed E-state index contributed by atoms with van der Waals surface area (Å²) in [6.07, 6.45) is 1.73. The van der Waals surface area contributed by atoms with Crippen LogP contribution in [-0.2, 0) is 14.8 Å². The van der Waals surface area contributed by atoms with Gasteiger partial charge in [0, 0.05) is 28.9 Å². The van der Waals surface area contributed by atoms with Gasteiger partial charge in [-0.2, -0.15) is 0 Å². The number of ether oxygens (including phenoxy) is 1. The molecule has 3 rings (SSSR count). The smallest absolute Gasteiger partial charge is 0.257 e. The lowest BCUT2D eigenvalue weighted by atomic mass is 10.1. The fourth-order valence-electron chi connectivity index (χ4n) is 2.88. The van der Waals surface area contributed by atoms with Crippen molar-refractivity contribution in [1.29, 1.82) is 0 Å². The standard InChI is InChI=1S/C20H22BrN3O4S2/c1-13-4-5-14(11-18(13)21)19(25)24-20(29)23-15-6-8-17(9-7-15)30(26,27)22-12-16-3-2-10-28-16/h4-9,11,16,22H,2-3,10,12H2,1H3,(H2,23,24,25,29). The van der Waals surface area contributed by atoms with Crippen molar-refractivity contribution in [2.45, 2.75) is 30.8 Å². The van der Waals surface area contributed by atoms with Crippen LogP contribution in [0.5, 0.6) is 0 Å². The molecular formula is C20H22BrN3O4S2. The quantitative estimate of drug-likeness (QED) is 0.514. The zero-order valence-corrected chi connectivity index (χ0v) is 19.5. The molecule has 1 fully saturated rings. The molecule has 1 aliphatic heterocycles. The summed E-state index contributed by atoms with van der Waals surface area (Å²) < 4.78 is 33.6. The van der Waals surface area contributed by atoms with Crippen molar-refractivity contribution in [3.8, 4) is 0 Å². The number of halogens is 1. The molecule has 0 bridgehead atoms. The number of hydrogen-bond acceptors (Lipinski definition) is 5. The molecule has 30 heavy (non-hydrogen) atoms. The van der Waals surface area contributed by atoms with E-state index in [1.807, 2.05) is 13.0 Å². The second kappa shape index (κ2) is 9.97. The molecule has 1 unspecified atom stereocenters. The molecule has 0 spiro atoms. The van der Waals surface area contributed by atoms with Gasteiger partial charge in [0.05, 0.1) is 11.0 Å². The predicted molar refractivity (Wildman–Crippen MR) is 123 cm³/mol. The second-order valence-electron chi connectivity index (χ2n) is 6.88.